The van der Waals surface area contributed by atoms with Crippen molar-refractivity contribution in [1.29, 1.82) is 0 Å². The molecule has 2 rings (SSSR count). The summed E-state index contributed by atoms with van der Waals surface area (Å²) in [4.78, 5) is 36.5. The van der Waals surface area contributed by atoms with Gasteiger partial charge in [-0.3, -0.25) is 9.59 Å². The van der Waals surface area contributed by atoms with E-state index in [0.29, 0.717) is 29.9 Å². The number of carbonyl (C=O) groups is 3. The first-order valence-corrected chi connectivity index (χ1v) is 8.75. The van der Waals surface area contributed by atoms with Gasteiger partial charge in [0.25, 0.3) is 0 Å². The highest BCUT2D eigenvalue weighted by molar-refractivity contribution is 5.89. The van der Waals surface area contributed by atoms with E-state index in [1.807, 2.05) is 0 Å². The van der Waals surface area contributed by atoms with E-state index in [-0.39, 0.29) is 0 Å². The summed E-state index contributed by atoms with van der Waals surface area (Å²) in [6.45, 7) is 0. The number of hydrogen-bond donors (Lipinski definition) is 2. The maximum Gasteiger partial charge on any atom is 0.333 e. The fraction of sp³-hybridized carbons (Fsp3) is 0.526. The molecule has 1 fully saturated rings. The fourth-order valence-electron chi connectivity index (χ4n) is 3.42. The van der Waals surface area contributed by atoms with Crippen molar-refractivity contribution in [2.24, 2.45) is 11.8 Å². The number of carboxylic acids is 1. The Labute approximate surface area is 157 Å². The van der Waals surface area contributed by atoms with Gasteiger partial charge in [-0.05, 0) is 30.5 Å². The van der Waals surface area contributed by atoms with E-state index in [2.05, 4.69) is 5.32 Å². The summed E-state index contributed by atoms with van der Waals surface area (Å²) in [7, 11) is 4.18. The highest BCUT2D eigenvalue weighted by Crippen LogP contribution is 2.33. The zero-order valence-corrected chi connectivity index (χ0v) is 15.7. The molecule has 0 aliphatic heterocycles. The second kappa shape index (κ2) is 9.25. The van der Waals surface area contributed by atoms with Crippen molar-refractivity contribution < 1.29 is 33.7 Å². The normalized spacial score (nSPS) is 20.3. The third kappa shape index (κ3) is 4.69. The number of hydrogen-bond acceptors (Lipinski definition) is 6. The van der Waals surface area contributed by atoms with Gasteiger partial charge in [0, 0.05) is 0 Å². The molecule has 1 aliphatic rings. The van der Waals surface area contributed by atoms with Crippen LogP contribution < -0.4 is 14.8 Å². The van der Waals surface area contributed by atoms with E-state index in [9.17, 15) is 19.5 Å². The van der Waals surface area contributed by atoms with Gasteiger partial charge in [0.1, 0.15) is 0 Å². The van der Waals surface area contributed by atoms with Crippen LogP contribution in [-0.4, -0.2) is 44.3 Å². The minimum atomic E-state index is -1.07. The maximum atomic E-state index is 12.8. The van der Waals surface area contributed by atoms with Crippen LogP contribution in [0.25, 0.3) is 0 Å². The molecular formula is C19H25NO7. The largest absolute Gasteiger partial charge is 0.493 e. The molecule has 1 aromatic carbocycles. The van der Waals surface area contributed by atoms with Gasteiger partial charge < -0.3 is 24.6 Å². The van der Waals surface area contributed by atoms with E-state index < -0.39 is 35.7 Å². The number of carboxylic acid groups (broad SMARTS) is 1. The average molecular weight is 379 g/mol. The molecule has 3 atom stereocenters. The second-order valence-corrected chi connectivity index (χ2v) is 6.41. The standard InChI is InChI=1S/C19H25NO7/c1-25-14-9-8-11(10-15(14)26-2)16(19(24)27-3)20-17(21)12-6-4-5-7-13(12)18(22)23/h8-10,12-13,16H,4-7H2,1-3H3,(H,20,21)(H,22,23)/t12-,13-,16+/m0/s1. The summed E-state index contributed by atoms with van der Waals surface area (Å²) >= 11 is 0. The van der Waals surface area contributed by atoms with Crippen molar-refractivity contribution in [3.8, 4) is 11.5 Å². The summed E-state index contributed by atoms with van der Waals surface area (Å²) in [5.41, 5.74) is 0.454. The van der Waals surface area contributed by atoms with Crippen LogP contribution in [0, 0.1) is 11.8 Å². The molecular weight excluding hydrogens is 354 g/mol. The number of amides is 1. The van der Waals surface area contributed by atoms with Crippen LogP contribution in [0.3, 0.4) is 0 Å². The Bertz CT molecular complexity index is 703. The van der Waals surface area contributed by atoms with Crippen LogP contribution in [0.15, 0.2) is 18.2 Å². The van der Waals surface area contributed by atoms with Crippen LogP contribution in [0.5, 0.6) is 11.5 Å². The molecule has 0 spiro atoms. The number of rotatable bonds is 7. The molecule has 1 amide bonds. The monoisotopic (exact) mass is 379 g/mol. The predicted molar refractivity (Wildman–Crippen MR) is 95.5 cm³/mol. The molecule has 0 saturated heterocycles. The number of benzene rings is 1. The van der Waals surface area contributed by atoms with Crippen molar-refractivity contribution in [1.82, 2.24) is 5.32 Å². The molecule has 8 nitrogen and oxygen atoms in total. The molecule has 2 N–H and O–H groups in total. The summed E-state index contributed by atoms with van der Waals surface area (Å²) < 4.78 is 15.2. The van der Waals surface area contributed by atoms with Crippen molar-refractivity contribution in [3.63, 3.8) is 0 Å². The summed E-state index contributed by atoms with van der Waals surface area (Å²) in [5, 5.41) is 12.0. The number of methoxy groups -OCH3 is 3. The van der Waals surface area contributed by atoms with Crippen LogP contribution in [0.2, 0.25) is 0 Å². The molecule has 148 valence electrons. The smallest absolute Gasteiger partial charge is 0.333 e. The van der Waals surface area contributed by atoms with Gasteiger partial charge in [-0.15, -0.1) is 0 Å². The molecule has 1 saturated carbocycles. The molecule has 0 unspecified atom stereocenters. The first-order valence-electron chi connectivity index (χ1n) is 8.75. The maximum absolute atomic E-state index is 12.8. The third-order valence-electron chi connectivity index (χ3n) is 4.88. The molecule has 1 aliphatic carbocycles. The third-order valence-corrected chi connectivity index (χ3v) is 4.88. The Kier molecular flexibility index (Phi) is 7.04. The van der Waals surface area contributed by atoms with Crippen molar-refractivity contribution in [2.45, 2.75) is 31.7 Å². The summed E-state index contributed by atoms with van der Waals surface area (Å²) in [6, 6.07) is 3.75. The second-order valence-electron chi connectivity index (χ2n) is 6.41. The lowest BCUT2D eigenvalue weighted by Gasteiger charge is -2.29. The lowest BCUT2D eigenvalue weighted by Crippen LogP contribution is -2.43. The Balaban J connectivity index is 2.28. The van der Waals surface area contributed by atoms with Crippen molar-refractivity contribution in [2.75, 3.05) is 21.3 Å². The van der Waals surface area contributed by atoms with Crippen LogP contribution in [-0.2, 0) is 19.1 Å². The quantitative estimate of drug-likeness (QED) is 0.696. The SMILES string of the molecule is COC(=O)[C@H](NC(=O)[C@H]1CCCC[C@@H]1C(=O)O)c1ccc(OC)c(OC)c1. The minimum absolute atomic E-state index is 0.402. The van der Waals surface area contributed by atoms with Crippen LogP contribution >= 0.6 is 0 Å². The van der Waals surface area contributed by atoms with Crippen molar-refractivity contribution in [3.05, 3.63) is 23.8 Å². The molecule has 8 heteroatoms. The first kappa shape index (κ1) is 20.5. The van der Waals surface area contributed by atoms with Crippen LogP contribution in [0.1, 0.15) is 37.3 Å². The first-order chi connectivity index (χ1) is 12.9. The molecule has 0 bridgehead atoms. The van der Waals surface area contributed by atoms with E-state index >= 15 is 0 Å². The molecule has 0 aromatic heterocycles. The van der Waals surface area contributed by atoms with E-state index in [1.54, 1.807) is 18.2 Å². The van der Waals surface area contributed by atoms with E-state index in [0.717, 1.165) is 12.8 Å². The van der Waals surface area contributed by atoms with Crippen LogP contribution in [0.4, 0.5) is 0 Å². The summed E-state index contributed by atoms with van der Waals surface area (Å²) in [6.07, 6.45) is 2.48. The van der Waals surface area contributed by atoms with E-state index in [1.165, 1.54) is 21.3 Å². The van der Waals surface area contributed by atoms with E-state index in [4.69, 9.17) is 14.2 Å². The van der Waals surface area contributed by atoms with Gasteiger partial charge in [-0.2, -0.15) is 0 Å². The highest BCUT2D eigenvalue weighted by atomic mass is 16.5. The number of nitrogens with one attached hydrogen (secondary N) is 1. The summed E-state index contributed by atoms with van der Waals surface area (Å²) in [5.74, 6) is -2.65. The lowest BCUT2D eigenvalue weighted by molar-refractivity contribution is -0.150. The molecule has 1 aromatic rings. The van der Waals surface area contributed by atoms with Gasteiger partial charge >= 0.3 is 11.9 Å². The number of carbonyl (C=O) groups excluding carboxylic acids is 2. The van der Waals surface area contributed by atoms with Gasteiger partial charge in [-0.1, -0.05) is 18.9 Å². The highest BCUT2D eigenvalue weighted by Gasteiger charge is 2.37. The Morgan fingerprint density at radius 2 is 1.67 bits per heavy atom. The molecule has 27 heavy (non-hydrogen) atoms. The minimum Gasteiger partial charge on any atom is -0.493 e. The van der Waals surface area contributed by atoms with Crippen molar-refractivity contribution >= 4 is 17.8 Å². The fourth-order valence-corrected chi connectivity index (χ4v) is 3.42. The lowest BCUT2D eigenvalue weighted by atomic mass is 9.78. The van der Waals surface area contributed by atoms with Gasteiger partial charge in [0.2, 0.25) is 5.91 Å². The topological polar surface area (TPSA) is 111 Å². The predicted octanol–water partition coefficient (Wildman–Crippen LogP) is 1.93. The number of esters is 1. The molecule has 0 heterocycles. The van der Waals surface area contributed by atoms with Gasteiger partial charge in [0.15, 0.2) is 17.5 Å². The Morgan fingerprint density at radius 3 is 2.22 bits per heavy atom. The Hall–Kier alpha value is -2.77. The number of aliphatic carboxylic acids is 1. The number of ether oxygens (including phenoxy) is 3. The van der Waals surface area contributed by atoms with Gasteiger partial charge in [-0.25, -0.2) is 4.79 Å². The zero-order valence-electron chi connectivity index (χ0n) is 15.7. The Morgan fingerprint density at radius 1 is 1.04 bits per heavy atom. The van der Waals surface area contributed by atoms with Gasteiger partial charge in [0.05, 0.1) is 33.2 Å². The zero-order chi connectivity index (χ0) is 20.0. The average Bonchev–Trinajstić information content (AvgIpc) is 2.70. The molecule has 0 radical (unpaired) electrons.